The molecule has 0 bridgehead atoms. The lowest BCUT2D eigenvalue weighted by Crippen LogP contribution is -2.53. The highest BCUT2D eigenvalue weighted by atomic mass is 16.2. The second-order valence-corrected chi connectivity index (χ2v) is 7.89. The third-order valence-corrected chi connectivity index (χ3v) is 4.49. The molecule has 0 saturated carbocycles. The van der Waals surface area contributed by atoms with Crippen molar-refractivity contribution in [3.8, 4) is 0 Å². The van der Waals surface area contributed by atoms with Crippen LogP contribution in [0.1, 0.15) is 63.8 Å². The number of urea groups is 1. The molecular weight excluding hydrogens is 318 g/mol. The molecule has 25 heavy (non-hydrogen) atoms. The highest BCUT2D eigenvalue weighted by Crippen LogP contribution is 2.21. The zero-order valence-corrected chi connectivity index (χ0v) is 16.0. The molecule has 2 rings (SSSR count). The Bertz CT molecular complexity index is 605. The van der Waals surface area contributed by atoms with Gasteiger partial charge in [-0.1, -0.05) is 6.92 Å². The van der Waals surface area contributed by atoms with Gasteiger partial charge in [0.25, 0.3) is 5.91 Å². The predicted molar refractivity (Wildman–Crippen MR) is 97.5 cm³/mol. The quantitative estimate of drug-likeness (QED) is 0.779. The van der Waals surface area contributed by atoms with Crippen LogP contribution in [-0.2, 0) is 6.42 Å². The maximum absolute atomic E-state index is 12.7. The molecule has 2 atom stereocenters. The van der Waals surface area contributed by atoms with E-state index in [4.69, 9.17) is 0 Å². The van der Waals surface area contributed by atoms with Gasteiger partial charge in [0.15, 0.2) is 0 Å². The van der Waals surface area contributed by atoms with Gasteiger partial charge in [0, 0.05) is 31.1 Å². The number of rotatable bonds is 4. The number of hydrogen-bond acceptors (Lipinski definition) is 3. The molecule has 1 aliphatic heterocycles. The monoisotopic (exact) mass is 349 g/mol. The molecule has 1 saturated heterocycles. The van der Waals surface area contributed by atoms with Gasteiger partial charge in [-0.25, -0.2) is 9.78 Å². The van der Waals surface area contributed by atoms with E-state index in [1.54, 1.807) is 6.20 Å². The fourth-order valence-electron chi connectivity index (χ4n) is 3.13. The molecule has 1 fully saturated rings. The molecule has 0 radical (unpaired) electrons. The minimum Gasteiger partial charge on any atom is -0.338 e. The van der Waals surface area contributed by atoms with Crippen LogP contribution in [0, 0.1) is 5.92 Å². The van der Waals surface area contributed by atoms with Crippen LogP contribution < -0.4 is 10.6 Å². The maximum Gasteiger partial charge on any atom is 0.315 e. The number of nitrogens with one attached hydrogen (secondary N) is 3. The standard InChI is InChI=1S/C18H31N5O2/c1-6-15-19-10-14(21-15)16(24)23-9-7-8-13(11-23)12(2)20-17(25)22-18(3,4)5/h10,12-13H,6-9,11H2,1-5H3,(H,19,21)(H2,20,22,25)/t12-,13-/m0/s1. The van der Waals surface area contributed by atoms with E-state index in [-0.39, 0.29) is 29.4 Å². The van der Waals surface area contributed by atoms with Gasteiger partial charge in [0.05, 0.1) is 6.20 Å². The van der Waals surface area contributed by atoms with E-state index in [1.807, 2.05) is 39.5 Å². The van der Waals surface area contributed by atoms with Crippen molar-refractivity contribution in [2.24, 2.45) is 5.92 Å². The lowest BCUT2D eigenvalue weighted by atomic mass is 9.91. The molecule has 1 aromatic heterocycles. The van der Waals surface area contributed by atoms with Crippen molar-refractivity contribution < 1.29 is 9.59 Å². The maximum atomic E-state index is 12.7. The largest absolute Gasteiger partial charge is 0.338 e. The van der Waals surface area contributed by atoms with Gasteiger partial charge < -0.3 is 20.5 Å². The number of imidazole rings is 1. The summed E-state index contributed by atoms with van der Waals surface area (Å²) in [5.74, 6) is 1.06. The highest BCUT2D eigenvalue weighted by molar-refractivity contribution is 5.92. The number of aryl methyl sites for hydroxylation is 1. The predicted octanol–water partition coefficient (Wildman–Crippen LogP) is 2.31. The van der Waals surface area contributed by atoms with Crippen molar-refractivity contribution in [2.75, 3.05) is 13.1 Å². The lowest BCUT2D eigenvalue weighted by Gasteiger charge is -2.36. The molecule has 140 valence electrons. The minimum absolute atomic E-state index is 0.00548. The first-order chi connectivity index (χ1) is 11.7. The Labute approximate surface area is 150 Å². The Kier molecular flexibility index (Phi) is 6.08. The molecule has 7 heteroatoms. The van der Waals surface area contributed by atoms with Crippen molar-refractivity contribution >= 4 is 11.9 Å². The second kappa shape index (κ2) is 7.89. The summed E-state index contributed by atoms with van der Waals surface area (Å²) in [6, 6.07) is -0.157. The van der Waals surface area contributed by atoms with Crippen LogP contribution in [0.3, 0.4) is 0 Å². The highest BCUT2D eigenvalue weighted by Gasteiger charge is 2.29. The van der Waals surface area contributed by atoms with Gasteiger partial charge in [-0.3, -0.25) is 4.79 Å². The van der Waals surface area contributed by atoms with Gasteiger partial charge in [-0.05, 0) is 46.5 Å². The Balaban J connectivity index is 1.93. The summed E-state index contributed by atoms with van der Waals surface area (Å²) >= 11 is 0. The summed E-state index contributed by atoms with van der Waals surface area (Å²) in [6.07, 6.45) is 4.34. The van der Waals surface area contributed by atoms with E-state index in [0.717, 1.165) is 31.6 Å². The Morgan fingerprint density at radius 1 is 1.44 bits per heavy atom. The SMILES string of the molecule is CCc1ncc(C(=O)N2CCC[C@H]([C@H](C)NC(=O)NC(C)(C)C)C2)[nH]1. The summed E-state index contributed by atoms with van der Waals surface area (Å²) in [5, 5.41) is 5.92. The van der Waals surface area contributed by atoms with E-state index in [9.17, 15) is 9.59 Å². The minimum atomic E-state index is -0.268. The first-order valence-electron chi connectivity index (χ1n) is 9.11. The van der Waals surface area contributed by atoms with Crippen LogP contribution in [-0.4, -0.2) is 51.5 Å². The molecule has 0 aliphatic carbocycles. The molecule has 0 spiro atoms. The van der Waals surface area contributed by atoms with Crippen LogP contribution in [0.15, 0.2) is 6.20 Å². The van der Waals surface area contributed by atoms with Crippen molar-refractivity contribution in [3.05, 3.63) is 17.7 Å². The topological polar surface area (TPSA) is 90.1 Å². The summed E-state index contributed by atoms with van der Waals surface area (Å²) < 4.78 is 0. The van der Waals surface area contributed by atoms with Crippen molar-refractivity contribution in [1.82, 2.24) is 25.5 Å². The van der Waals surface area contributed by atoms with E-state index in [2.05, 4.69) is 20.6 Å². The Hall–Kier alpha value is -2.05. The lowest BCUT2D eigenvalue weighted by molar-refractivity contribution is 0.0648. The number of H-pyrrole nitrogens is 1. The van der Waals surface area contributed by atoms with Gasteiger partial charge in [-0.2, -0.15) is 0 Å². The summed E-state index contributed by atoms with van der Waals surface area (Å²) in [7, 11) is 0. The third kappa shape index (κ3) is 5.47. The average Bonchev–Trinajstić information content (AvgIpc) is 3.01. The van der Waals surface area contributed by atoms with Crippen molar-refractivity contribution in [3.63, 3.8) is 0 Å². The van der Waals surface area contributed by atoms with Crippen LogP contribution in [0.25, 0.3) is 0 Å². The van der Waals surface area contributed by atoms with Crippen LogP contribution in [0.2, 0.25) is 0 Å². The number of likely N-dealkylation sites (tertiary alicyclic amines) is 1. The fraction of sp³-hybridized carbons (Fsp3) is 0.722. The number of aromatic amines is 1. The number of carbonyl (C=O) groups is 2. The van der Waals surface area contributed by atoms with Gasteiger partial charge in [0.2, 0.25) is 0 Å². The second-order valence-electron chi connectivity index (χ2n) is 7.89. The number of amides is 3. The number of piperidine rings is 1. The molecule has 0 aromatic carbocycles. The van der Waals surface area contributed by atoms with E-state index >= 15 is 0 Å². The number of hydrogen-bond donors (Lipinski definition) is 3. The van der Waals surface area contributed by atoms with Crippen LogP contribution >= 0.6 is 0 Å². The third-order valence-electron chi connectivity index (χ3n) is 4.49. The molecule has 0 unspecified atom stereocenters. The number of carbonyl (C=O) groups excluding carboxylic acids is 2. The van der Waals surface area contributed by atoms with Crippen LogP contribution in [0.5, 0.6) is 0 Å². The summed E-state index contributed by atoms with van der Waals surface area (Å²) in [6.45, 7) is 11.3. The number of nitrogens with zero attached hydrogens (tertiary/aromatic N) is 2. The van der Waals surface area contributed by atoms with Gasteiger partial charge >= 0.3 is 6.03 Å². The average molecular weight is 349 g/mol. The molecule has 1 aliphatic rings. The summed E-state index contributed by atoms with van der Waals surface area (Å²) in [5.41, 5.74) is 0.277. The van der Waals surface area contributed by atoms with E-state index in [1.165, 1.54) is 0 Å². The molecule has 1 aromatic rings. The van der Waals surface area contributed by atoms with Gasteiger partial charge in [-0.15, -0.1) is 0 Å². The Morgan fingerprint density at radius 3 is 2.76 bits per heavy atom. The van der Waals surface area contributed by atoms with Crippen molar-refractivity contribution in [2.45, 2.75) is 65.5 Å². The summed E-state index contributed by atoms with van der Waals surface area (Å²) in [4.78, 5) is 33.9. The van der Waals surface area contributed by atoms with Crippen LogP contribution in [0.4, 0.5) is 4.79 Å². The van der Waals surface area contributed by atoms with E-state index in [0.29, 0.717) is 12.2 Å². The first kappa shape index (κ1) is 19.3. The molecule has 2 heterocycles. The van der Waals surface area contributed by atoms with E-state index < -0.39 is 0 Å². The molecule has 7 nitrogen and oxygen atoms in total. The normalized spacial score (nSPS) is 19.4. The zero-order chi connectivity index (χ0) is 18.6. The Morgan fingerprint density at radius 2 is 2.16 bits per heavy atom. The van der Waals surface area contributed by atoms with Crippen molar-refractivity contribution in [1.29, 1.82) is 0 Å². The molecule has 3 amide bonds. The smallest absolute Gasteiger partial charge is 0.315 e. The zero-order valence-electron chi connectivity index (χ0n) is 16.0. The molecule has 3 N–H and O–H groups in total. The van der Waals surface area contributed by atoms with Gasteiger partial charge in [0.1, 0.15) is 11.5 Å². The molecular formula is C18H31N5O2. The number of aromatic nitrogens is 2. The first-order valence-corrected chi connectivity index (χ1v) is 9.11. The fourth-order valence-corrected chi connectivity index (χ4v) is 3.13.